The summed E-state index contributed by atoms with van der Waals surface area (Å²) < 4.78 is 0. The molecule has 2 aliphatic heterocycles. The Hall–Kier alpha value is -6.84. The minimum atomic E-state index is -0.0286. The summed E-state index contributed by atoms with van der Waals surface area (Å²) in [6.07, 6.45) is 0. The molecule has 9 aromatic rings. The van der Waals surface area contributed by atoms with Gasteiger partial charge in [-0.05, 0) is 131 Å². The maximum atomic E-state index is 2.56. The van der Waals surface area contributed by atoms with Gasteiger partial charge in [-0.2, -0.15) is 0 Å². The van der Waals surface area contributed by atoms with Crippen LogP contribution in [0.5, 0.6) is 0 Å². The Labute approximate surface area is 360 Å². The molecule has 9 aromatic carbocycles. The van der Waals surface area contributed by atoms with Gasteiger partial charge in [-0.15, -0.1) is 0 Å². The maximum absolute atomic E-state index is 2.56. The first-order valence-corrected chi connectivity index (χ1v) is 21.7. The fraction of sp³-hybridized carbons (Fsp3) is 0.138. The van der Waals surface area contributed by atoms with E-state index in [0.29, 0.717) is 0 Å². The van der Waals surface area contributed by atoms with Gasteiger partial charge in [0.15, 0.2) is 0 Å². The lowest BCUT2D eigenvalue weighted by Gasteiger charge is -2.45. The lowest BCUT2D eigenvalue weighted by Crippen LogP contribution is -2.61. The highest BCUT2D eigenvalue weighted by molar-refractivity contribution is 7.00. The van der Waals surface area contributed by atoms with E-state index in [1.165, 1.54) is 94.1 Å². The summed E-state index contributed by atoms with van der Waals surface area (Å²) in [6.45, 7) is 14.0. The van der Waals surface area contributed by atoms with Crippen LogP contribution >= 0.6 is 0 Å². The monoisotopic (exact) mass is 784 g/mol. The van der Waals surface area contributed by atoms with E-state index in [9.17, 15) is 0 Å². The molecule has 0 saturated heterocycles. The first-order chi connectivity index (χ1) is 29.6. The van der Waals surface area contributed by atoms with Gasteiger partial charge in [0.1, 0.15) is 0 Å². The molecule has 2 heterocycles. The van der Waals surface area contributed by atoms with Crippen LogP contribution in [0.3, 0.4) is 0 Å². The fourth-order valence-corrected chi connectivity index (χ4v) is 10.1. The zero-order valence-electron chi connectivity index (χ0n) is 35.9. The molecule has 0 unspecified atom stereocenters. The minimum absolute atomic E-state index is 0.0286. The molecule has 0 aromatic heterocycles. The zero-order valence-corrected chi connectivity index (χ0v) is 35.9. The molecule has 0 radical (unpaired) electrons. The summed E-state index contributed by atoms with van der Waals surface area (Å²) >= 11 is 0. The van der Waals surface area contributed by atoms with Crippen LogP contribution in [0, 0.1) is 0 Å². The van der Waals surface area contributed by atoms with Gasteiger partial charge in [0.05, 0.1) is 0 Å². The number of hydrogen-bond donors (Lipinski definition) is 0. The Morgan fingerprint density at radius 2 is 0.705 bits per heavy atom. The second kappa shape index (κ2) is 13.9. The molecule has 3 heteroatoms. The van der Waals surface area contributed by atoms with Gasteiger partial charge in [-0.25, -0.2) is 0 Å². The quantitative estimate of drug-likeness (QED) is 0.130. The second-order valence-electron chi connectivity index (χ2n) is 19.0. The smallest absolute Gasteiger partial charge is 0.252 e. The van der Waals surface area contributed by atoms with Crippen LogP contribution in [0.4, 0.5) is 34.1 Å². The van der Waals surface area contributed by atoms with E-state index < -0.39 is 0 Å². The normalized spacial score (nSPS) is 13.3. The van der Waals surface area contributed by atoms with Crippen molar-refractivity contribution in [1.29, 1.82) is 0 Å². The first-order valence-electron chi connectivity index (χ1n) is 21.7. The Kier molecular flexibility index (Phi) is 8.45. The van der Waals surface area contributed by atoms with E-state index in [-0.39, 0.29) is 17.5 Å². The molecule has 2 nitrogen and oxygen atoms in total. The van der Waals surface area contributed by atoms with Crippen LogP contribution in [0.1, 0.15) is 52.7 Å². The Morgan fingerprint density at radius 1 is 0.344 bits per heavy atom. The van der Waals surface area contributed by atoms with Crippen LogP contribution < -0.4 is 26.2 Å². The molecular formula is C58H49BN2. The average molecular weight is 785 g/mol. The highest BCUT2D eigenvalue weighted by Gasteiger charge is 2.44. The van der Waals surface area contributed by atoms with Gasteiger partial charge in [0, 0.05) is 34.1 Å². The molecule has 0 atom stereocenters. The van der Waals surface area contributed by atoms with Crippen molar-refractivity contribution in [3.63, 3.8) is 0 Å². The van der Waals surface area contributed by atoms with E-state index in [2.05, 4.69) is 239 Å². The van der Waals surface area contributed by atoms with E-state index >= 15 is 0 Å². The van der Waals surface area contributed by atoms with E-state index in [4.69, 9.17) is 0 Å². The van der Waals surface area contributed by atoms with Crippen LogP contribution in [0.25, 0.3) is 43.8 Å². The fourth-order valence-electron chi connectivity index (χ4n) is 10.1. The number of para-hydroxylation sites is 2. The van der Waals surface area contributed by atoms with Crippen LogP contribution in [0.2, 0.25) is 0 Å². The van der Waals surface area contributed by atoms with Crippen molar-refractivity contribution < 1.29 is 0 Å². The van der Waals surface area contributed by atoms with Gasteiger partial charge < -0.3 is 9.80 Å². The minimum Gasteiger partial charge on any atom is -0.311 e. The Bertz CT molecular complexity index is 2970. The van der Waals surface area contributed by atoms with Crippen LogP contribution in [0.15, 0.2) is 188 Å². The molecule has 0 fully saturated rings. The number of hydrogen-bond acceptors (Lipinski definition) is 2. The summed E-state index contributed by atoms with van der Waals surface area (Å²) in [5, 5.41) is 5.01. The summed E-state index contributed by atoms with van der Waals surface area (Å²) in [7, 11) is 0. The molecule has 0 aliphatic carbocycles. The lowest BCUT2D eigenvalue weighted by molar-refractivity contribution is 0.590. The van der Waals surface area contributed by atoms with Gasteiger partial charge in [0.2, 0.25) is 0 Å². The van der Waals surface area contributed by atoms with E-state index in [1.807, 2.05) is 0 Å². The SMILES string of the molecule is CC(C)(C)c1ccc2c(c1)N(c1ccccc1)c1cc(-c3c4ccccc4c(-c4ccccc4)c4ccccc34)cc3c1B2c1ccc(C(C)(C)C)cc1N3c1ccccc1. The van der Waals surface area contributed by atoms with Crippen molar-refractivity contribution in [2.45, 2.75) is 52.4 Å². The van der Waals surface area contributed by atoms with Crippen LogP contribution in [-0.2, 0) is 10.8 Å². The summed E-state index contributed by atoms with van der Waals surface area (Å²) in [5.41, 5.74) is 18.8. The summed E-state index contributed by atoms with van der Waals surface area (Å²) in [4.78, 5) is 5.12. The van der Waals surface area contributed by atoms with Crippen molar-refractivity contribution in [3.8, 4) is 22.3 Å². The van der Waals surface area contributed by atoms with Crippen molar-refractivity contribution in [1.82, 2.24) is 0 Å². The topological polar surface area (TPSA) is 6.48 Å². The maximum Gasteiger partial charge on any atom is 0.252 e. The lowest BCUT2D eigenvalue weighted by atomic mass is 9.33. The molecular weight excluding hydrogens is 735 g/mol. The standard InChI is InChI=1S/C58H49BN2/c1-57(2,3)40-30-32-48-50(36-40)60(42-22-12-8-13-23-42)52-34-39(55-46-28-18-16-26-44(46)54(38-20-10-7-11-21-38)45-27-17-19-29-47(45)55)35-53-56(52)59(48)49-33-31-41(58(4,5)6)37-51(49)61(53)43-24-14-9-15-25-43/h7-37H,1-6H3. The van der Waals surface area contributed by atoms with Gasteiger partial charge in [0.25, 0.3) is 6.71 Å². The predicted molar refractivity (Wildman–Crippen MR) is 264 cm³/mol. The highest BCUT2D eigenvalue weighted by Crippen LogP contribution is 2.50. The number of nitrogens with zero attached hydrogens (tertiary/aromatic N) is 2. The highest BCUT2D eigenvalue weighted by atomic mass is 15.2. The summed E-state index contributed by atoms with van der Waals surface area (Å²) in [5.74, 6) is 0. The third-order valence-electron chi connectivity index (χ3n) is 13.1. The zero-order chi connectivity index (χ0) is 41.6. The molecule has 0 spiro atoms. The molecule has 61 heavy (non-hydrogen) atoms. The number of anilines is 6. The van der Waals surface area contributed by atoms with Gasteiger partial charge in [-0.3, -0.25) is 0 Å². The molecule has 2 aliphatic rings. The van der Waals surface area contributed by atoms with Crippen molar-refractivity contribution in [3.05, 3.63) is 199 Å². The number of benzene rings is 9. The largest absolute Gasteiger partial charge is 0.311 e. The number of fused-ring (bicyclic) bond motifs is 6. The summed E-state index contributed by atoms with van der Waals surface area (Å²) in [6, 6.07) is 70.6. The molecule has 0 amide bonds. The molecule has 0 saturated carbocycles. The third kappa shape index (κ3) is 5.93. The van der Waals surface area contributed by atoms with Gasteiger partial charge in [-0.1, -0.05) is 181 Å². The van der Waals surface area contributed by atoms with Crippen LogP contribution in [-0.4, -0.2) is 6.71 Å². The molecule has 11 rings (SSSR count). The van der Waals surface area contributed by atoms with E-state index in [0.717, 1.165) is 11.4 Å². The van der Waals surface area contributed by atoms with Crippen molar-refractivity contribution in [2.24, 2.45) is 0 Å². The Morgan fingerprint density at radius 3 is 1.10 bits per heavy atom. The predicted octanol–water partition coefficient (Wildman–Crippen LogP) is 14.0. The van der Waals surface area contributed by atoms with E-state index in [1.54, 1.807) is 0 Å². The van der Waals surface area contributed by atoms with Gasteiger partial charge >= 0.3 is 0 Å². The molecule has 0 bridgehead atoms. The first kappa shape index (κ1) is 37.2. The van der Waals surface area contributed by atoms with Crippen molar-refractivity contribution >= 4 is 78.8 Å². The Balaban J connectivity index is 1.31. The molecule has 0 N–H and O–H groups in total. The third-order valence-corrected chi connectivity index (χ3v) is 13.1. The second-order valence-corrected chi connectivity index (χ2v) is 19.0. The number of rotatable bonds is 4. The molecule has 294 valence electrons. The van der Waals surface area contributed by atoms with Crippen molar-refractivity contribution in [2.75, 3.05) is 9.80 Å². The average Bonchev–Trinajstić information content (AvgIpc) is 3.27.